The van der Waals surface area contributed by atoms with Crippen LogP contribution in [0.5, 0.6) is 11.5 Å². The highest BCUT2D eigenvalue weighted by molar-refractivity contribution is 6.24. The van der Waals surface area contributed by atoms with Crippen LogP contribution in [-0.2, 0) is 4.79 Å². The molecule has 1 amide bonds. The molecule has 1 aliphatic heterocycles. The number of carbonyl (C=O) groups is 1. The maximum atomic E-state index is 13.2. The van der Waals surface area contributed by atoms with Crippen LogP contribution in [0.1, 0.15) is 29.7 Å². The molecular formula is C25H23NO3. The van der Waals surface area contributed by atoms with Crippen molar-refractivity contribution in [3.63, 3.8) is 0 Å². The second-order valence-corrected chi connectivity index (χ2v) is 6.93. The molecule has 0 radical (unpaired) electrons. The summed E-state index contributed by atoms with van der Waals surface area (Å²) in [5.41, 5.74) is 3.45. The van der Waals surface area contributed by atoms with Gasteiger partial charge in [0.2, 0.25) is 0 Å². The average molecular weight is 385 g/mol. The summed E-state index contributed by atoms with van der Waals surface area (Å²) in [7, 11) is 0. The van der Waals surface area contributed by atoms with Crippen molar-refractivity contribution in [2.24, 2.45) is 0 Å². The maximum absolute atomic E-state index is 13.2. The van der Waals surface area contributed by atoms with Crippen LogP contribution in [0.15, 0.2) is 78.9 Å². The summed E-state index contributed by atoms with van der Waals surface area (Å²) < 4.78 is 11.2. The van der Waals surface area contributed by atoms with Crippen LogP contribution >= 0.6 is 0 Å². The lowest BCUT2D eigenvalue weighted by atomic mass is 10.0. The number of hydrogen-bond acceptors (Lipinski definition) is 3. The number of fused-ring (bicyclic) bond motifs is 1. The lowest BCUT2D eigenvalue weighted by Crippen LogP contribution is -2.27. The van der Waals surface area contributed by atoms with Gasteiger partial charge in [-0.3, -0.25) is 4.79 Å². The average Bonchev–Trinajstić information content (AvgIpc) is 2.78. The van der Waals surface area contributed by atoms with Crippen LogP contribution in [0.4, 0.5) is 0 Å². The quantitative estimate of drug-likeness (QED) is 0.503. The minimum atomic E-state index is -0.179. The maximum Gasteiger partial charge on any atom is 0.252 e. The molecule has 0 bridgehead atoms. The zero-order chi connectivity index (χ0) is 20.1. The minimum absolute atomic E-state index is 0.123. The first kappa shape index (κ1) is 18.8. The summed E-state index contributed by atoms with van der Waals surface area (Å²) in [6, 6.07) is 25.2. The van der Waals surface area contributed by atoms with Crippen LogP contribution in [0.2, 0.25) is 0 Å². The van der Waals surface area contributed by atoms with Gasteiger partial charge in [-0.25, -0.2) is 0 Å². The van der Waals surface area contributed by atoms with E-state index in [2.05, 4.69) is 5.32 Å². The highest BCUT2D eigenvalue weighted by Gasteiger charge is 2.18. The van der Waals surface area contributed by atoms with Crippen LogP contribution < -0.4 is 14.8 Å². The van der Waals surface area contributed by atoms with Crippen LogP contribution in [0, 0.1) is 0 Å². The number of ether oxygens (including phenoxy) is 2. The first-order valence-electron chi connectivity index (χ1n) is 9.73. The van der Waals surface area contributed by atoms with Gasteiger partial charge in [-0.1, -0.05) is 66.7 Å². The van der Waals surface area contributed by atoms with E-state index in [0.29, 0.717) is 18.8 Å². The van der Waals surface area contributed by atoms with Crippen molar-refractivity contribution < 1.29 is 14.3 Å². The van der Waals surface area contributed by atoms with Crippen molar-refractivity contribution in [3.05, 3.63) is 95.6 Å². The highest BCUT2D eigenvalue weighted by Crippen LogP contribution is 2.32. The van der Waals surface area contributed by atoms with Gasteiger partial charge in [0.25, 0.3) is 5.91 Å². The zero-order valence-electron chi connectivity index (χ0n) is 16.3. The molecule has 3 aromatic carbocycles. The second-order valence-electron chi connectivity index (χ2n) is 6.93. The number of amides is 1. The summed E-state index contributed by atoms with van der Waals surface area (Å²) in [5, 5.41) is 3.12. The molecule has 4 rings (SSSR count). The fourth-order valence-corrected chi connectivity index (χ4v) is 3.30. The SMILES string of the molecule is CC(NC(=O)/C(=C/c1ccccc1)c1ccccc1)c1ccc2c(c1)OCCO2. The fourth-order valence-electron chi connectivity index (χ4n) is 3.30. The van der Waals surface area contributed by atoms with E-state index in [1.165, 1.54) is 0 Å². The van der Waals surface area contributed by atoms with E-state index in [0.717, 1.165) is 28.2 Å². The topological polar surface area (TPSA) is 47.6 Å². The molecule has 4 heteroatoms. The summed E-state index contributed by atoms with van der Waals surface area (Å²) in [6.07, 6.45) is 1.92. The Hall–Kier alpha value is -3.53. The van der Waals surface area contributed by atoms with E-state index in [-0.39, 0.29) is 11.9 Å². The minimum Gasteiger partial charge on any atom is -0.486 e. The third-order valence-electron chi connectivity index (χ3n) is 4.85. The summed E-state index contributed by atoms with van der Waals surface area (Å²) >= 11 is 0. The lowest BCUT2D eigenvalue weighted by molar-refractivity contribution is -0.116. The molecule has 4 nitrogen and oxygen atoms in total. The van der Waals surface area contributed by atoms with Gasteiger partial charge >= 0.3 is 0 Å². The molecule has 1 heterocycles. The Kier molecular flexibility index (Phi) is 5.61. The van der Waals surface area contributed by atoms with Crippen molar-refractivity contribution in [3.8, 4) is 11.5 Å². The Labute approximate surface area is 170 Å². The fraction of sp³-hybridized carbons (Fsp3) is 0.160. The normalized spacial score (nSPS) is 14.2. The summed E-state index contributed by atoms with van der Waals surface area (Å²) in [6.45, 7) is 3.06. The van der Waals surface area contributed by atoms with Gasteiger partial charge in [0.05, 0.1) is 6.04 Å². The van der Waals surface area contributed by atoms with Crippen molar-refractivity contribution >= 4 is 17.6 Å². The van der Waals surface area contributed by atoms with E-state index in [9.17, 15) is 4.79 Å². The molecule has 0 saturated carbocycles. The van der Waals surface area contributed by atoms with E-state index < -0.39 is 0 Å². The largest absolute Gasteiger partial charge is 0.486 e. The van der Waals surface area contributed by atoms with E-state index in [1.54, 1.807) is 0 Å². The summed E-state index contributed by atoms with van der Waals surface area (Å²) in [5.74, 6) is 1.34. The molecule has 146 valence electrons. The molecule has 29 heavy (non-hydrogen) atoms. The zero-order valence-corrected chi connectivity index (χ0v) is 16.3. The third kappa shape index (κ3) is 4.49. The standard InChI is InChI=1S/C25H23NO3/c1-18(21-12-13-23-24(17-21)29-15-14-28-23)26-25(27)22(20-10-6-3-7-11-20)16-19-8-4-2-5-9-19/h2-13,16-18H,14-15H2,1H3,(H,26,27)/b22-16+. The monoisotopic (exact) mass is 385 g/mol. The predicted octanol–water partition coefficient (Wildman–Crippen LogP) is 4.88. The van der Waals surface area contributed by atoms with Gasteiger partial charge in [0.15, 0.2) is 11.5 Å². The molecule has 1 aliphatic rings. The molecule has 0 aromatic heterocycles. The summed E-state index contributed by atoms with van der Waals surface area (Å²) in [4.78, 5) is 13.2. The molecule has 1 atom stereocenters. The third-order valence-corrected chi connectivity index (χ3v) is 4.85. The van der Waals surface area contributed by atoms with Crippen LogP contribution in [-0.4, -0.2) is 19.1 Å². The Balaban J connectivity index is 1.59. The number of rotatable bonds is 5. The molecule has 0 fully saturated rings. The Bertz CT molecular complexity index is 1010. The van der Waals surface area contributed by atoms with Gasteiger partial charge in [0.1, 0.15) is 13.2 Å². The molecule has 1 N–H and O–H groups in total. The first-order valence-corrected chi connectivity index (χ1v) is 9.73. The molecular weight excluding hydrogens is 362 g/mol. The Morgan fingerprint density at radius 3 is 2.28 bits per heavy atom. The van der Waals surface area contributed by atoms with E-state index in [4.69, 9.17) is 9.47 Å². The van der Waals surface area contributed by atoms with Gasteiger partial charge in [-0.15, -0.1) is 0 Å². The highest BCUT2D eigenvalue weighted by atomic mass is 16.6. The lowest BCUT2D eigenvalue weighted by Gasteiger charge is -2.21. The second kappa shape index (κ2) is 8.65. The van der Waals surface area contributed by atoms with Gasteiger partial charge in [-0.05, 0) is 41.8 Å². The number of hydrogen-bond donors (Lipinski definition) is 1. The van der Waals surface area contributed by atoms with E-state index >= 15 is 0 Å². The molecule has 3 aromatic rings. The van der Waals surface area contributed by atoms with Crippen molar-refractivity contribution in [1.29, 1.82) is 0 Å². The number of benzene rings is 3. The van der Waals surface area contributed by atoms with E-state index in [1.807, 2.05) is 91.9 Å². The predicted molar refractivity (Wildman–Crippen MR) is 115 cm³/mol. The Morgan fingerprint density at radius 1 is 0.897 bits per heavy atom. The van der Waals surface area contributed by atoms with Gasteiger partial charge < -0.3 is 14.8 Å². The smallest absolute Gasteiger partial charge is 0.252 e. The first-order chi connectivity index (χ1) is 14.2. The van der Waals surface area contributed by atoms with Gasteiger partial charge in [-0.2, -0.15) is 0 Å². The molecule has 0 aliphatic carbocycles. The van der Waals surface area contributed by atoms with Crippen molar-refractivity contribution in [2.75, 3.05) is 13.2 Å². The Morgan fingerprint density at radius 2 is 1.55 bits per heavy atom. The van der Waals surface area contributed by atoms with Gasteiger partial charge in [0, 0.05) is 5.57 Å². The van der Waals surface area contributed by atoms with Crippen LogP contribution in [0.3, 0.4) is 0 Å². The molecule has 1 unspecified atom stereocenters. The van der Waals surface area contributed by atoms with Crippen LogP contribution in [0.25, 0.3) is 11.6 Å². The molecule has 0 saturated heterocycles. The van der Waals surface area contributed by atoms with Crippen molar-refractivity contribution in [1.82, 2.24) is 5.32 Å². The number of carbonyl (C=O) groups excluding carboxylic acids is 1. The number of nitrogens with one attached hydrogen (secondary N) is 1. The molecule has 0 spiro atoms. The van der Waals surface area contributed by atoms with Crippen molar-refractivity contribution in [2.45, 2.75) is 13.0 Å².